The number of carbonyl (C=O) groups is 1. The van der Waals surface area contributed by atoms with E-state index in [0.717, 1.165) is 34.6 Å². The maximum Gasteiger partial charge on any atom is 0.254 e. The van der Waals surface area contributed by atoms with E-state index in [9.17, 15) is 4.79 Å². The van der Waals surface area contributed by atoms with Crippen LogP contribution in [-0.2, 0) is 0 Å². The molecule has 4 nitrogen and oxygen atoms in total. The third-order valence-electron chi connectivity index (χ3n) is 4.35. The maximum absolute atomic E-state index is 12.9. The number of nitriles is 1. The molecule has 2 heterocycles. The van der Waals surface area contributed by atoms with E-state index in [-0.39, 0.29) is 11.9 Å². The van der Waals surface area contributed by atoms with Crippen LogP contribution in [0.1, 0.15) is 39.8 Å². The first-order valence-corrected chi connectivity index (χ1v) is 8.74. The molecule has 1 fully saturated rings. The van der Waals surface area contributed by atoms with E-state index in [1.54, 1.807) is 35.6 Å². The molecule has 1 atom stereocenters. The maximum atomic E-state index is 12.9. The van der Waals surface area contributed by atoms with Gasteiger partial charge in [-0.2, -0.15) is 5.26 Å². The Balaban J connectivity index is 1.67. The van der Waals surface area contributed by atoms with Gasteiger partial charge in [0.15, 0.2) is 0 Å². The number of carbonyl (C=O) groups excluding carboxylic acids is 1. The van der Waals surface area contributed by atoms with E-state index in [0.29, 0.717) is 11.1 Å². The average molecular weight is 333 g/mol. The first kappa shape index (κ1) is 14.9. The fourth-order valence-electron chi connectivity index (χ4n) is 3.19. The minimum Gasteiger partial charge on any atom is -0.329 e. The summed E-state index contributed by atoms with van der Waals surface area (Å²) in [6.45, 7) is 0.732. The lowest BCUT2D eigenvalue weighted by Crippen LogP contribution is -2.30. The van der Waals surface area contributed by atoms with Crippen LogP contribution in [0.2, 0.25) is 0 Å². The van der Waals surface area contributed by atoms with Gasteiger partial charge in [-0.25, -0.2) is 4.98 Å². The number of nitrogens with zero attached hydrogens (tertiary/aromatic N) is 3. The standard InChI is InChI=1S/C19H15N3OS/c20-12-13-5-3-6-14(11-13)19(23)22-10-4-8-16(22)18-21-15-7-1-2-9-17(15)24-18/h1-3,5-7,9,11,16H,4,8,10H2/t16-/m0/s1. The third-order valence-corrected chi connectivity index (χ3v) is 5.49. The molecule has 0 aliphatic carbocycles. The largest absolute Gasteiger partial charge is 0.329 e. The van der Waals surface area contributed by atoms with E-state index in [1.165, 1.54) is 0 Å². The number of benzene rings is 2. The van der Waals surface area contributed by atoms with Gasteiger partial charge < -0.3 is 4.90 Å². The molecular weight excluding hydrogens is 318 g/mol. The number of hydrogen-bond donors (Lipinski definition) is 0. The van der Waals surface area contributed by atoms with Crippen LogP contribution in [0.3, 0.4) is 0 Å². The summed E-state index contributed by atoms with van der Waals surface area (Å²) in [5, 5.41) is 10.0. The first-order chi connectivity index (χ1) is 11.8. The predicted octanol–water partition coefficient (Wildman–Crippen LogP) is 4.15. The van der Waals surface area contributed by atoms with Crippen LogP contribution in [0.5, 0.6) is 0 Å². The van der Waals surface area contributed by atoms with Crippen molar-refractivity contribution in [3.8, 4) is 6.07 Å². The van der Waals surface area contributed by atoms with Crippen molar-refractivity contribution in [2.75, 3.05) is 6.54 Å². The molecule has 0 unspecified atom stereocenters. The lowest BCUT2D eigenvalue weighted by Gasteiger charge is -2.23. The van der Waals surface area contributed by atoms with Gasteiger partial charge >= 0.3 is 0 Å². The number of fused-ring (bicyclic) bond motifs is 1. The number of rotatable bonds is 2. The van der Waals surface area contributed by atoms with Crippen LogP contribution in [0.25, 0.3) is 10.2 Å². The monoisotopic (exact) mass is 333 g/mol. The fourth-order valence-corrected chi connectivity index (χ4v) is 4.30. The molecule has 0 saturated carbocycles. The Morgan fingerprint density at radius 3 is 2.96 bits per heavy atom. The lowest BCUT2D eigenvalue weighted by molar-refractivity contribution is 0.0735. The Kier molecular flexibility index (Phi) is 3.75. The van der Waals surface area contributed by atoms with E-state index < -0.39 is 0 Å². The summed E-state index contributed by atoms with van der Waals surface area (Å²) in [6, 6.07) is 17.1. The highest BCUT2D eigenvalue weighted by atomic mass is 32.1. The summed E-state index contributed by atoms with van der Waals surface area (Å²) in [4.78, 5) is 19.5. The molecule has 1 aromatic heterocycles. The number of amides is 1. The van der Waals surface area contributed by atoms with Crippen molar-refractivity contribution in [3.63, 3.8) is 0 Å². The molecule has 118 valence electrons. The molecule has 1 saturated heterocycles. The van der Waals surface area contributed by atoms with Crippen molar-refractivity contribution in [2.45, 2.75) is 18.9 Å². The molecule has 0 spiro atoms. The zero-order valence-corrected chi connectivity index (χ0v) is 13.8. The smallest absolute Gasteiger partial charge is 0.254 e. The van der Waals surface area contributed by atoms with Gasteiger partial charge in [-0.15, -0.1) is 11.3 Å². The molecule has 4 rings (SSSR count). The molecule has 24 heavy (non-hydrogen) atoms. The Morgan fingerprint density at radius 2 is 2.12 bits per heavy atom. The average Bonchev–Trinajstić information content (AvgIpc) is 3.27. The van der Waals surface area contributed by atoms with Crippen LogP contribution < -0.4 is 0 Å². The van der Waals surface area contributed by atoms with Gasteiger partial charge in [0.05, 0.1) is 27.9 Å². The first-order valence-electron chi connectivity index (χ1n) is 7.93. The number of likely N-dealkylation sites (tertiary alicyclic amines) is 1. The highest BCUT2D eigenvalue weighted by Crippen LogP contribution is 2.37. The van der Waals surface area contributed by atoms with Crippen LogP contribution in [0, 0.1) is 11.3 Å². The van der Waals surface area contributed by atoms with Crippen molar-refractivity contribution >= 4 is 27.5 Å². The van der Waals surface area contributed by atoms with E-state index in [2.05, 4.69) is 12.1 Å². The number of aromatic nitrogens is 1. The molecule has 1 aliphatic rings. The Hall–Kier alpha value is -2.71. The van der Waals surface area contributed by atoms with Crippen LogP contribution >= 0.6 is 11.3 Å². The molecular formula is C19H15N3OS. The van der Waals surface area contributed by atoms with Gasteiger partial charge in [0.25, 0.3) is 5.91 Å². The Morgan fingerprint density at radius 1 is 1.25 bits per heavy atom. The van der Waals surface area contributed by atoms with Crippen molar-refractivity contribution in [1.82, 2.24) is 9.88 Å². The summed E-state index contributed by atoms with van der Waals surface area (Å²) in [6.07, 6.45) is 1.91. The number of thiazole rings is 1. The second kappa shape index (κ2) is 6.06. The highest BCUT2D eigenvalue weighted by Gasteiger charge is 2.32. The summed E-state index contributed by atoms with van der Waals surface area (Å²) < 4.78 is 1.15. The van der Waals surface area contributed by atoms with Gasteiger partial charge in [-0.05, 0) is 43.2 Å². The topological polar surface area (TPSA) is 57.0 Å². The summed E-state index contributed by atoms with van der Waals surface area (Å²) in [7, 11) is 0. The van der Waals surface area contributed by atoms with Gasteiger partial charge in [-0.1, -0.05) is 18.2 Å². The van der Waals surface area contributed by atoms with Gasteiger partial charge in [0.2, 0.25) is 0 Å². The van der Waals surface area contributed by atoms with Crippen LogP contribution in [0.15, 0.2) is 48.5 Å². The second-order valence-corrected chi connectivity index (χ2v) is 6.93. The minimum absolute atomic E-state index is 0.0196. The number of para-hydroxylation sites is 1. The second-order valence-electron chi connectivity index (χ2n) is 5.87. The summed E-state index contributed by atoms with van der Waals surface area (Å²) in [5.74, 6) is -0.0196. The predicted molar refractivity (Wildman–Crippen MR) is 93.8 cm³/mol. The Bertz CT molecular complexity index is 923. The van der Waals surface area contributed by atoms with E-state index in [4.69, 9.17) is 10.2 Å². The highest BCUT2D eigenvalue weighted by molar-refractivity contribution is 7.18. The Labute approximate surface area is 144 Å². The number of hydrogen-bond acceptors (Lipinski definition) is 4. The molecule has 3 aromatic rings. The molecule has 5 heteroatoms. The summed E-state index contributed by atoms with van der Waals surface area (Å²) in [5.41, 5.74) is 2.07. The quantitative estimate of drug-likeness (QED) is 0.708. The SMILES string of the molecule is N#Cc1cccc(C(=O)N2CCC[C@H]2c2nc3ccccc3s2)c1. The van der Waals surface area contributed by atoms with E-state index in [1.807, 2.05) is 23.1 Å². The lowest BCUT2D eigenvalue weighted by atomic mass is 10.1. The van der Waals surface area contributed by atoms with Gasteiger partial charge in [-0.3, -0.25) is 4.79 Å². The molecule has 0 N–H and O–H groups in total. The van der Waals surface area contributed by atoms with Crippen LogP contribution in [0.4, 0.5) is 0 Å². The summed E-state index contributed by atoms with van der Waals surface area (Å²) >= 11 is 1.66. The van der Waals surface area contributed by atoms with Crippen molar-refractivity contribution in [2.24, 2.45) is 0 Å². The zero-order valence-electron chi connectivity index (χ0n) is 13.0. The molecule has 0 bridgehead atoms. The minimum atomic E-state index is -0.0196. The van der Waals surface area contributed by atoms with Gasteiger partial charge in [0.1, 0.15) is 5.01 Å². The zero-order chi connectivity index (χ0) is 16.5. The molecule has 1 aliphatic heterocycles. The normalized spacial score (nSPS) is 17.1. The molecule has 0 radical (unpaired) electrons. The fraction of sp³-hybridized carbons (Fsp3) is 0.211. The molecule has 1 amide bonds. The van der Waals surface area contributed by atoms with Crippen molar-refractivity contribution in [1.29, 1.82) is 5.26 Å². The van der Waals surface area contributed by atoms with E-state index >= 15 is 0 Å². The van der Waals surface area contributed by atoms with Crippen molar-refractivity contribution < 1.29 is 4.79 Å². The van der Waals surface area contributed by atoms with Crippen molar-refractivity contribution in [3.05, 3.63) is 64.7 Å². The third kappa shape index (κ3) is 2.55. The van der Waals surface area contributed by atoms with Gasteiger partial charge in [0, 0.05) is 12.1 Å². The molecule has 2 aromatic carbocycles. The van der Waals surface area contributed by atoms with Crippen LogP contribution in [-0.4, -0.2) is 22.3 Å².